The van der Waals surface area contributed by atoms with Crippen LogP contribution in [0.1, 0.15) is 54.2 Å². The van der Waals surface area contributed by atoms with Gasteiger partial charge in [-0.25, -0.2) is 4.79 Å². The summed E-state index contributed by atoms with van der Waals surface area (Å²) in [6, 6.07) is 20.4. The first kappa shape index (κ1) is 25.1. The lowest BCUT2D eigenvalue weighted by Gasteiger charge is -2.49. The number of halogens is 1. The van der Waals surface area contributed by atoms with Crippen LogP contribution in [0.25, 0.3) is 16.5 Å². The quantitative estimate of drug-likeness (QED) is 0.167. The van der Waals surface area contributed by atoms with E-state index < -0.39 is 22.4 Å². The fourth-order valence-electron chi connectivity index (χ4n) is 6.28. The van der Waals surface area contributed by atoms with E-state index in [2.05, 4.69) is 19.1 Å². The van der Waals surface area contributed by atoms with Crippen molar-refractivity contribution in [2.45, 2.75) is 38.1 Å². The molecule has 2 aliphatic heterocycles. The van der Waals surface area contributed by atoms with Gasteiger partial charge in [-0.1, -0.05) is 61.0 Å². The Morgan fingerprint density at radius 1 is 1.03 bits per heavy atom. The van der Waals surface area contributed by atoms with Crippen LogP contribution in [0.4, 0.5) is 5.69 Å². The molecule has 0 saturated carbocycles. The van der Waals surface area contributed by atoms with Gasteiger partial charge in [0.05, 0.1) is 18.4 Å². The highest BCUT2D eigenvalue weighted by Crippen LogP contribution is 2.56. The molecule has 1 amide bonds. The van der Waals surface area contributed by atoms with Gasteiger partial charge in [0.15, 0.2) is 17.1 Å². The number of allylic oxidation sites excluding steroid dienone is 1. The molecule has 3 heterocycles. The lowest BCUT2D eigenvalue weighted by atomic mass is 9.65. The van der Waals surface area contributed by atoms with E-state index in [4.69, 9.17) is 20.8 Å². The van der Waals surface area contributed by atoms with Crippen molar-refractivity contribution in [1.82, 2.24) is 0 Å². The minimum Gasteiger partial charge on any atom is -0.493 e. The smallest absolute Gasteiger partial charge is 0.347 e. The molecule has 0 radical (unpaired) electrons. The van der Waals surface area contributed by atoms with Gasteiger partial charge in [-0.15, -0.1) is 0 Å². The zero-order valence-corrected chi connectivity index (χ0v) is 22.8. The zero-order chi connectivity index (χ0) is 27.7. The van der Waals surface area contributed by atoms with E-state index >= 15 is 0 Å². The number of methoxy groups -OCH3 is 1. The number of ether oxygens (including phenoxy) is 1. The number of rotatable bonds is 4. The third kappa shape index (κ3) is 3.73. The van der Waals surface area contributed by atoms with Crippen molar-refractivity contribution in [1.29, 1.82) is 0 Å². The number of ketones is 1. The number of hydrogen-bond acceptors (Lipinski definition) is 5. The number of hydrogen-bond donors (Lipinski definition) is 0. The maximum Gasteiger partial charge on any atom is 0.347 e. The molecule has 7 heteroatoms. The second-order valence-corrected chi connectivity index (χ2v) is 11.4. The number of para-hydroxylation sites is 1. The number of anilines is 1. The van der Waals surface area contributed by atoms with E-state index in [1.807, 2.05) is 38.1 Å². The van der Waals surface area contributed by atoms with Gasteiger partial charge in [-0.2, -0.15) is 0 Å². The highest BCUT2D eigenvalue weighted by molar-refractivity contribution is 6.38. The Kier molecular flexibility index (Phi) is 5.59. The van der Waals surface area contributed by atoms with Crippen molar-refractivity contribution in [3.63, 3.8) is 0 Å². The molecule has 39 heavy (non-hydrogen) atoms. The van der Waals surface area contributed by atoms with Crippen molar-refractivity contribution < 1.29 is 18.7 Å². The standard InChI is InChI=1S/C32H26ClNO5/c1-31(2)17-32(3,19-10-6-5-7-11-19)24-15-20(33)14-21-22(29(36)34(31)27(21)24)16-25(35)23-13-18-9-8-12-26(38-4)28(18)39-30(23)37/h5-16H,17H2,1-4H3. The van der Waals surface area contributed by atoms with Crippen LogP contribution in [0.3, 0.4) is 0 Å². The van der Waals surface area contributed by atoms with Crippen LogP contribution in [0.2, 0.25) is 5.02 Å². The monoisotopic (exact) mass is 539 g/mol. The normalized spacial score (nSPS) is 20.4. The first-order valence-corrected chi connectivity index (χ1v) is 13.0. The van der Waals surface area contributed by atoms with Gasteiger partial charge in [0.2, 0.25) is 0 Å². The number of carbonyl (C=O) groups is 2. The molecular formula is C32H26ClNO5. The van der Waals surface area contributed by atoms with Gasteiger partial charge in [0, 0.05) is 26.9 Å². The molecular weight excluding hydrogens is 514 g/mol. The van der Waals surface area contributed by atoms with Crippen LogP contribution in [0.5, 0.6) is 5.75 Å². The summed E-state index contributed by atoms with van der Waals surface area (Å²) in [5.74, 6) is -0.524. The molecule has 0 spiro atoms. The van der Waals surface area contributed by atoms with Gasteiger partial charge in [0.1, 0.15) is 5.56 Å². The molecule has 196 valence electrons. The number of amides is 1. The van der Waals surface area contributed by atoms with E-state index in [1.54, 1.807) is 29.2 Å². The molecule has 4 aromatic rings. The van der Waals surface area contributed by atoms with Crippen molar-refractivity contribution >= 4 is 45.5 Å². The minimum atomic E-state index is -0.801. The Labute approximate surface area is 230 Å². The predicted octanol–water partition coefficient (Wildman–Crippen LogP) is 6.56. The van der Waals surface area contributed by atoms with E-state index in [-0.39, 0.29) is 22.6 Å². The Morgan fingerprint density at radius 2 is 1.77 bits per heavy atom. The number of carbonyl (C=O) groups excluding carboxylic acids is 2. The minimum absolute atomic E-state index is 0.165. The average molecular weight is 540 g/mol. The molecule has 1 unspecified atom stereocenters. The third-order valence-electron chi connectivity index (χ3n) is 7.90. The number of nitrogens with zero attached hydrogens (tertiary/aromatic N) is 1. The Morgan fingerprint density at radius 3 is 2.49 bits per heavy atom. The van der Waals surface area contributed by atoms with Crippen LogP contribution in [-0.2, 0) is 10.2 Å². The van der Waals surface area contributed by atoms with Gasteiger partial charge in [-0.3, -0.25) is 9.59 Å². The summed E-state index contributed by atoms with van der Waals surface area (Å²) in [4.78, 5) is 42.0. The molecule has 1 aromatic heterocycles. The van der Waals surface area contributed by atoms with Crippen LogP contribution in [0, 0.1) is 0 Å². The number of fused-ring (bicyclic) bond motifs is 1. The number of benzene rings is 3. The largest absolute Gasteiger partial charge is 0.493 e. The summed E-state index contributed by atoms with van der Waals surface area (Å²) in [5.41, 5.74) is 1.89. The Hall–Kier alpha value is -4.16. The molecule has 0 aliphatic carbocycles. The molecule has 0 fully saturated rings. The van der Waals surface area contributed by atoms with E-state index in [1.165, 1.54) is 19.3 Å². The van der Waals surface area contributed by atoms with E-state index in [0.29, 0.717) is 28.1 Å². The third-order valence-corrected chi connectivity index (χ3v) is 8.12. The molecule has 6 nitrogen and oxygen atoms in total. The molecule has 6 rings (SSSR count). The summed E-state index contributed by atoms with van der Waals surface area (Å²) < 4.78 is 10.7. The first-order valence-electron chi connectivity index (χ1n) is 12.7. The summed E-state index contributed by atoms with van der Waals surface area (Å²) >= 11 is 6.63. The van der Waals surface area contributed by atoms with Gasteiger partial charge < -0.3 is 14.1 Å². The molecule has 1 atom stereocenters. The topological polar surface area (TPSA) is 76.8 Å². The lowest BCUT2D eigenvalue weighted by molar-refractivity contribution is -0.114. The lowest BCUT2D eigenvalue weighted by Crippen LogP contribution is -2.54. The van der Waals surface area contributed by atoms with Crippen LogP contribution < -0.4 is 15.3 Å². The molecule has 0 bridgehead atoms. The molecule has 0 N–H and O–H groups in total. The fourth-order valence-corrected chi connectivity index (χ4v) is 6.50. The van der Waals surface area contributed by atoms with Crippen LogP contribution >= 0.6 is 11.6 Å². The summed E-state index contributed by atoms with van der Waals surface area (Å²) in [6.45, 7) is 6.23. The van der Waals surface area contributed by atoms with E-state index in [0.717, 1.165) is 16.8 Å². The summed E-state index contributed by atoms with van der Waals surface area (Å²) in [6.07, 6.45) is 1.89. The highest BCUT2D eigenvalue weighted by Gasteiger charge is 2.52. The van der Waals surface area contributed by atoms with Gasteiger partial charge in [0.25, 0.3) is 5.91 Å². The SMILES string of the molecule is COc1cccc2cc(C(=O)C=C3C(=O)N4c5c3cc(Cl)cc5C(C)(c3ccccc3)CC4(C)C)c(=O)oc12. The summed E-state index contributed by atoms with van der Waals surface area (Å²) in [7, 11) is 1.48. The van der Waals surface area contributed by atoms with Crippen LogP contribution in [-0.4, -0.2) is 24.3 Å². The molecule has 2 aliphatic rings. The predicted molar refractivity (Wildman–Crippen MR) is 152 cm³/mol. The van der Waals surface area contributed by atoms with E-state index in [9.17, 15) is 14.4 Å². The Bertz CT molecular complexity index is 1790. The molecule has 0 saturated heterocycles. The van der Waals surface area contributed by atoms with Crippen molar-refractivity contribution in [2.75, 3.05) is 12.0 Å². The van der Waals surface area contributed by atoms with Crippen LogP contribution in [0.15, 0.2) is 82.0 Å². The van der Waals surface area contributed by atoms with Gasteiger partial charge >= 0.3 is 5.63 Å². The second-order valence-electron chi connectivity index (χ2n) is 10.9. The molecule has 3 aromatic carbocycles. The average Bonchev–Trinajstić information content (AvgIpc) is 3.18. The highest BCUT2D eigenvalue weighted by atomic mass is 35.5. The second kappa shape index (κ2) is 8.68. The fraction of sp³-hybridized carbons (Fsp3) is 0.219. The van der Waals surface area contributed by atoms with Crippen molar-refractivity contribution in [3.05, 3.63) is 111 Å². The summed E-state index contributed by atoms with van der Waals surface area (Å²) in [5, 5.41) is 1.01. The van der Waals surface area contributed by atoms with Gasteiger partial charge in [-0.05, 0) is 61.7 Å². The Balaban J connectivity index is 1.53. The maximum absolute atomic E-state index is 13.9. The van der Waals surface area contributed by atoms with Crippen molar-refractivity contribution in [2.24, 2.45) is 0 Å². The first-order chi connectivity index (χ1) is 18.5. The maximum atomic E-state index is 13.9. The zero-order valence-electron chi connectivity index (χ0n) is 22.0. The van der Waals surface area contributed by atoms with Crippen molar-refractivity contribution in [3.8, 4) is 5.75 Å².